The van der Waals surface area contributed by atoms with Crippen molar-refractivity contribution in [2.24, 2.45) is 0 Å². The van der Waals surface area contributed by atoms with Gasteiger partial charge in [0.25, 0.3) is 15.9 Å². The van der Waals surface area contributed by atoms with Gasteiger partial charge in [0.2, 0.25) is 0 Å². The average Bonchev–Trinajstić information content (AvgIpc) is 2.86. The number of nitrogens with zero attached hydrogens (tertiary/aromatic N) is 3. The number of hydrogen-bond acceptors (Lipinski definition) is 7. The summed E-state index contributed by atoms with van der Waals surface area (Å²) in [6, 6.07) is 17.6. The Labute approximate surface area is 203 Å². The van der Waals surface area contributed by atoms with Crippen molar-refractivity contribution in [3.8, 4) is 11.8 Å². The first kappa shape index (κ1) is 24.8. The number of aromatic nitrogens is 1. The van der Waals surface area contributed by atoms with Crippen LogP contribution in [0, 0.1) is 11.3 Å². The van der Waals surface area contributed by atoms with E-state index in [2.05, 4.69) is 15.6 Å². The normalized spacial score (nSPS) is 10.7. The summed E-state index contributed by atoms with van der Waals surface area (Å²) in [6.07, 6.45) is 1.46. The van der Waals surface area contributed by atoms with Gasteiger partial charge in [0, 0.05) is 31.4 Å². The Morgan fingerprint density at radius 1 is 1.09 bits per heavy atom. The standard InChI is InChI=1S/C23H22ClN5O4S/c1-29(34(31,32)21-9-3-18(24)4-10-21)19-5-7-20(8-6-19)33-16-23(30)27-13-12-26-22-11-2-17(14-25)15-28-22/h2-11,15H,12-13,16H2,1H3,(H,26,28)(H,27,30). The van der Waals surface area contributed by atoms with Gasteiger partial charge in [0.1, 0.15) is 17.6 Å². The highest BCUT2D eigenvalue weighted by Gasteiger charge is 2.21. The van der Waals surface area contributed by atoms with Crippen molar-refractivity contribution in [3.05, 3.63) is 77.4 Å². The molecule has 11 heteroatoms. The molecule has 3 aromatic rings. The summed E-state index contributed by atoms with van der Waals surface area (Å²) in [5, 5.41) is 15.0. The van der Waals surface area contributed by atoms with Gasteiger partial charge < -0.3 is 15.4 Å². The number of rotatable bonds is 10. The fraction of sp³-hybridized carbons (Fsp3) is 0.174. The van der Waals surface area contributed by atoms with E-state index in [1.807, 2.05) is 6.07 Å². The van der Waals surface area contributed by atoms with Crippen molar-refractivity contribution in [2.45, 2.75) is 4.90 Å². The van der Waals surface area contributed by atoms with Crippen LogP contribution in [-0.4, -0.2) is 46.1 Å². The molecule has 0 aliphatic heterocycles. The molecular formula is C23H22ClN5O4S. The second-order valence-corrected chi connectivity index (χ2v) is 9.44. The third-order valence-electron chi connectivity index (χ3n) is 4.69. The monoisotopic (exact) mass is 499 g/mol. The zero-order valence-corrected chi connectivity index (χ0v) is 19.8. The lowest BCUT2D eigenvalue weighted by Crippen LogP contribution is -2.32. The van der Waals surface area contributed by atoms with Crippen molar-refractivity contribution in [3.63, 3.8) is 0 Å². The van der Waals surface area contributed by atoms with E-state index in [1.165, 1.54) is 37.5 Å². The van der Waals surface area contributed by atoms with Crippen LogP contribution < -0.4 is 19.7 Å². The average molecular weight is 500 g/mol. The molecule has 2 aromatic carbocycles. The van der Waals surface area contributed by atoms with E-state index >= 15 is 0 Å². The predicted octanol–water partition coefficient (Wildman–Crippen LogP) is 3.04. The minimum absolute atomic E-state index is 0.126. The summed E-state index contributed by atoms with van der Waals surface area (Å²) < 4.78 is 32.2. The molecule has 0 atom stereocenters. The molecule has 0 aliphatic carbocycles. The fourth-order valence-corrected chi connectivity index (χ4v) is 4.13. The number of hydrogen-bond donors (Lipinski definition) is 2. The molecule has 34 heavy (non-hydrogen) atoms. The van der Waals surface area contributed by atoms with Crippen LogP contribution in [0.2, 0.25) is 5.02 Å². The highest BCUT2D eigenvalue weighted by molar-refractivity contribution is 7.92. The highest BCUT2D eigenvalue weighted by atomic mass is 35.5. The number of nitriles is 1. The Morgan fingerprint density at radius 3 is 2.41 bits per heavy atom. The number of amides is 1. The lowest BCUT2D eigenvalue weighted by atomic mass is 10.3. The second-order valence-electron chi connectivity index (χ2n) is 7.03. The number of sulfonamides is 1. The first-order chi connectivity index (χ1) is 16.3. The van der Waals surface area contributed by atoms with Gasteiger partial charge in [-0.2, -0.15) is 5.26 Å². The van der Waals surface area contributed by atoms with E-state index in [-0.39, 0.29) is 17.4 Å². The number of benzene rings is 2. The van der Waals surface area contributed by atoms with Crippen molar-refractivity contribution in [2.75, 3.05) is 36.4 Å². The molecule has 0 saturated carbocycles. The number of carbonyl (C=O) groups excluding carboxylic acids is 1. The zero-order valence-electron chi connectivity index (χ0n) is 18.2. The molecule has 0 unspecified atom stereocenters. The number of nitrogens with one attached hydrogen (secondary N) is 2. The largest absolute Gasteiger partial charge is 0.484 e. The fourth-order valence-electron chi connectivity index (χ4n) is 2.81. The summed E-state index contributed by atoms with van der Waals surface area (Å²) in [5.74, 6) is 0.727. The second kappa shape index (κ2) is 11.4. The van der Waals surface area contributed by atoms with E-state index in [4.69, 9.17) is 21.6 Å². The zero-order chi connectivity index (χ0) is 24.6. The lowest BCUT2D eigenvalue weighted by Gasteiger charge is -2.20. The van der Waals surface area contributed by atoms with E-state index < -0.39 is 10.0 Å². The van der Waals surface area contributed by atoms with Gasteiger partial charge in [0.15, 0.2) is 6.61 Å². The molecule has 0 aliphatic rings. The molecule has 1 amide bonds. The summed E-state index contributed by atoms with van der Waals surface area (Å²) in [5.41, 5.74) is 0.910. The number of pyridine rings is 1. The lowest BCUT2D eigenvalue weighted by molar-refractivity contribution is -0.123. The van der Waals surface area contributed by atoms with Gasteiger partial charge in [-0.3, -0.25) is 9.10 Å². The molecule has 0 bridgehead atoms. The summed E-state index contributed by atoms with van der Waals surface area (Å²) in [4.78, 5) is 16.2. The number of ether oxygens (including phenoxy) is 1. The molecule has 1 heterocycles. The molecule has 0 radical (unpaired) electrons. The van der Waals surface area contributed by atoms with Crippen LogP contribution in [0.15, 0.2) is 71.8 Å². The smallest absolute Gasteiger partial charge is 0.264 e. The summed E-state index contributed by atoms with van der Waals surface area (Å²) in [6.45, 7) is 0.622. The molecule has 0 spiro atoms. The molecule has 0 fully saturated rings. The predicted molar refractivity (Wildman–Crippen MR) is 129 cm³/mol. The van der Waals surface area contributed by atoms with E-state index in [0.717, 1.165) is 4.31 Å². The van der Waals surface area contributed by atoms with Crippen LogP contribution >= 0.6 is 11.6 Å². The molecule has 0 saturated heterocycles. The van der Waals surface area contributed by atoms with Crippen LogP contribution in [0.1, 0.15) is 5.56 Å². The minimum Gasteiger partial charge on any atom is -0.484 e. The van der Waals surface area contributed by atoms with Gasteiger partial charge >= 0.3 is 0 Å². The third kappa shape index (κ3) is 6.60. The Balaban J connectivity index is 1.44. The van der Waals surface area contributed by atoms with E-state index in [1.54, 1.807) is 36.4 Å². The molecule has 3 rings (SSSR count). The summed E-state index contributed by atoms with van der Waals surface area (Å²) >= 11 is 5.83. The Kier molecular flexibility index (Phi) is 8.29. The maximum atomic E-state index is 12.8. The van der Waals surface area contributed by atoms with Gasteiger partial charge in [-0.15, -0.1) is 0 Å². The Morgan fingerprint density at radius 2 is 1.79 bits per heavy atom. The molecular weight excluding hydrogens is 478 g/mol. The van der Waals surface area contributed by atoms with Crippen LogP contribution in [0.25, 0.3) is 0 Å². The number of anilines is 2. The van der Waals surface area contributed by atoms with Crippen LogP contribution in [0.4, 0.5) is 11.5 Å². The van der Waals surface area contributed by atoms with Gasteiger partial charge in [-0.05, 0) is 60.7 Å². The van der Waals surface area contributed by atoms with Gasteiger partial charge in [-0.1, -0.05) is 11.6 Å². The topological polar surface area (TPSA) is 124 Å². The molecule has 2 N–H and O–H groups in total. The molecule has 1 aromatic heterocycles. The SMILES string of the molecule is CN(c1ccc(OCC(=O)NCCNc2ccc(C#N)cn2)cc1)S(=O)(=O)c1ccc(Cl)cc1. The minimum atomic E-state index is -3.74. The molecule has 9 nitrogen and oxygen atoms in total. The maximum absolute atomic E-state index is 12.8. The van der Waals surface area contributed by atoms with Crippen LogP contribution in [0.3, 0.4) is 0 Å². The van der Waals surface area contributed by atoms with Gasteiger partial charge in [0.05, 0.1) is 16.1 Å². The highest BCUT2D eigenvalue weighted by Crippen LogP contribution is 2.25. The Hall–Kier alpha value is -3.81. The first-order valence-electron chi connectivity index (χ1n) is 10.1. The van der Waals surface area contributed by atoms with Crippen molar-refractivity contribution < 1.29 is 17.9 Å². The maximum Gasteiger partial charge on any atom is 0.264 e. The number of carbonyl (C=O) groups is 1. The van der Waals surface area contributed by atoms with Crippen molar-refractivity contribution >= 4 is 39.0 Å². The quantitative estimate of drug-likeness (QED) is 0.411. The van der Waals surface area contributed by atoms with E-state index in [9.17, 15) is 13.2 Å². The third-order valence-corrected chi connectivity index (χ3v) is 6.74. The van der Waals surface area contributed by atoms with Crippen LogP contribution in [0.5, 0.6) is 5.75 Å². The van der Waals surface area contributed by atoms with Crippen molar-refractivity contribution in [1.82, 2.24) is 10.3 Å². The van der Waals surface area contributed by atoms with E-state index in [0.29, 0.717) is 40.9 Å². The summed E-state index contributed by atoms with van der Waals surface area (Å²) in [7, 11) is -2.29. The molecule has 176 valence electrons. The van der Waals surface area contributed by atoms with Gasteiger partial charge in [-0.25, -0.2) is 13.4 Å². The van der Waals surface area contributed by atoms with Crippen molar-refractivity contribution in [1.29, 1.82) is 5.26 Å². The Bertz CT molecular complexity index is 1260. The first-order valence-corrected chi connectivity index (χ1v) is 12.0. The van der Waals surface area contributed by atoms with Crippen LogP contribution in [-0.2, 0) is 14.8 Å². The number of halogens is 1.